The zero-order valence-corrected chi connectivity index (χ0v) is 19.8. The van der Waals surface area contributed by atoms with Crippen LogP contribution in [0.3, 0.4) is 0 Å². The molecule has 0 unspecified atom stereocenters. The average Bonchev–Trinajstić information content (AvgIpc) is 3.21. The Morgan fingerprint density at radius 1 is 1.03 bits per heavy atom. The zero-order chi connectivity index (χ0) is 22.7. The van der Waals surface area contributed by atoms with Gasteiger partial charge in [-0.25, -0.2) is 12.7 Å². The quantitative estimate of drug-likeness (QED) is 0.626. The lowest BCUT2D eigenvalue weighted by Gasteiger charge is -2.41. The van der Waals surface area contributed by atoms with E-state index in [1.807, 2.05) is 0 Å². The summed E-state index contributed by atoms with van der Waals surface area (Å²) in [5.74, 6) is -0.0236. The minimum Gasteiger partial charge on any atom is -0.385 e. The summed E-state index contributed by atoms with van der Waals surface area (Å²) in [7, 11) is -0.640. The Morgan fingerprint density at radius 2 is 1.62 bits per heavy atom. The van der Waals surface area contributed by atoms with E-state index in [9.17, 15) is 13.2 Å². The number of rotatable bonds is 7. The molecule has 1 aromatic carbocycles. The third-order valence-corrected chi connectivity index (χ3v) is 8.51. The number of hydrogen-bond donors (Lipinski definition) is 0. The minimum absolute atomic E-state index is 0.0236. The van der Waals surface area contributed by atoms with E-state index in [-0.39, 0.29) is 29.5 Å². The maximum atomic E-state index is 13.3. The first-order valence-corrected chi connectivity index (χ1v) is 13.0. The first-order valence-electron chi connectivity index (χ1n) is 11.6. The summed E-state index contributed by atoms with van der Waals surface area (Å²) in [5, 5.41) is 8.03. The van der Waals surface area contributed by atoms with Gasteiger partial charge in [0.05, 0.1) is 4.90 Å². The van der Waals surface area contributed by atoms with Crippen LogP contribution >= 0.6 is 0 Å². The lowest BCUT2D eigenvalue weighted by molar-refractivity contribution is -0.143. The lowest BCUT2D eigenvalue weighted by Crippen LogP contribution is -2.51. The van der Waals surface area contributed by atoms with E-state index in [0.717, 1.165) is 30.0 Å². The summed E-state index contributed by atoms with van der Waals surface area (Å²) in [6.07, 6.45) is 11.4. The maximum Gasteiger partial charge on any atom is 0.263 e. The van der Waals surface area contributed by atoms with Crippen molar-refractivity contribution in [2.75, 3.05) is 20.7 Å². The van der Waals surface area contributed by atoms with Gasteiger partial charge in [-0.05, 0) is 49.1 Å². The van der Waals surface area contributed by atoms with Crippen LogP contribution in [0.15, 0.2) is 23.1 Å². The second-order valence-corrected chi connectivity index (χ2v) is 11.2. The SMILES string of the molecule is CN(C)S(=O)(=O)c1ccc2nnn(OCC(=O)N(C3CCCCC3)C3CCCCC3)c2c1. The Labute approximate surface area is 189 Å². The van der Waals surface area contributed by atoms with Gasteiger partial charge in [0, 0.05) is 26.2 Å². The zero-order valence-electron chi connectivity index (χ0n) is 18.9. The summed E-state index contributed by atoms with van der Waals surface area (Å²) in [6, 6.07) is 5.14. The number of carbonyl (C=O) groups excluding carboxylic acids is 1. The summed E-state index contributed by atoms with van der Waals surface area (Å²) in [5.41, 5.74) is 0.925. The standard InChI is InChI=1S/C22H33N5O4S/c1-25(2)32(29,30)19-13-14-20-21(15-19)27(24-23-20)31-16-22(28)26(17-9-5-3-6-10-17)18-11-7-4-8-12-18/h13-15,17-18H,3-12,16H2,1-2H3. The number of amides is 1. The van der Waals surface area contributed by atoms with E-state index in [1.165, 1.54) is 69.6 Å². The maximum absolute atomic E-state index is 13.3. The molecule has 2 fully saturated rings. The number of fused-ring (bicyclic) bond motifs is 1. The number of sulfonamides is 1. The Balaban J connectivity index is 1.52. The normalized spacial score (nSPS) is 18.8. The van der Waals surface area contributed by atoms with Gasteiger partial charge in [0.25, 0.3) is 5.91 Å². The van der Waals surface area contributed by atoms with Crippen LogP contribution < -0.4 is 4.84 Å². The Hall–Kier alpha value is -2.20. The third kappa shape index (κ3) is 4.76. The van der Waals surface area contributed by atoms with Crippen molar-refractivity contribution in [3.8, 4) is 0 Å². The van der Waals surface area contributed by atoms with Gasteiger partial charge in [0.1, 0.15) is 11.0 Å². The molecular formula is C22H33N5O4S. The number of carbonyl (C=O) groups is 1. The van der Waals surface area contributed by atoms with Gasteiger partial charge >= 0.3 is 0 Å². The number of nitrogens with zero attached hydrogens (tertiary/aromatic N) is 5. The monoisotopic (exact) mass is 463 g/mol. The van der Waals surface area contributed by atoms with E-state index in [1.54, 1.807) is 6.07 Å². The lowest BCUT2D eigenvalue weighted by atomic mass is 9.88. The van der Waals surface area contributed by atoms with E-state index < -0.39 is 10.0 Å². The molecular weight excluding hydrogens is 430 g/mol. The smallest absolute Gasteiger partial charge is 0.263 e. The molecule has 0 atom stereocenters. The molecule has 4 rings (SSSR count). The van der Waals surface area contributed by atoms with Crippen molar-refractivity contribution < 1.29 is 18.0 Å². The second-order valence-electron chi connectivity index (χ2n) is 9.06. The Kier molecular flexibility index (Phi) is 6.99. The Bertz CT molecular complexity index is 1020. The summed E-state index contributed by atoms with van der Waals surface area (Å²) in [4.78, 5) is 22.5. The molecule has 0 spiro atoms. The third-order valence-electron chi connectivity index (χ3n) is 6.70. The molecule has 0 radical (unpaired) electrons. The molecule has 1 heterocycles. The molecule has 2 aliphatic rings. The van der Waals surface area contributed by atoms with E-state index in [2.05, 4.69) is 15.2 Å². The van der Waals surface area contributed by atoms with Crippen LogP contribution in [-0.2, 0) is 14.8 Å². The molecule has 10 heteroatoms. The van der Waals surface area contributed by atoms with Crippen molar-refractivity contribution in [3.63, 3.8) is 0 Å². The van der Waals surface area contributed by atoms with Crippen LogP contribution in [0, 0.1) is 0 Å². The van der Waals surface area contributed by atoms with Crippen LogP contribution in [0.25, 0.3) is 11.0 Å². The largest absolute Gasteiger partial charge is 0.385 e. The predicted molar refractivity (Wildman–Crippen MR) is 120 cm³/mol. The number of benzene rings is 1. The van der Waals surface area contributed by atoms with Gasteiger partial charge in [0.2, 0.25) is 10.0 Å². The summed E-state index contributed by atoms with van der Waals surface area (Å²) < 4.78 is 26.1. The van der Waals surface area contributed by atoms with Gasteiger partial charge in [-0.3, -0.25) is 4.79 Å². The van der Waals surface area contributed by atoms with E-state index >= 15 is 0 Å². The molecule has 0 saturated heterocycles. The minimum atomic E-state index is -3.60. The molecule has 176 valence electrons. The molecule has 9 nitrogen and oxygen atoms in total. The van der Waals surface area contributed by atoms with Crippen molar-refractivity contribution in [2.24, 2.45) is 0 Å². The topological polar surface area (TPSA) is 97.6 Å². The molecule has 0 N–H and O–H groups in total. The second kappa shape index (κ2) is 9.74. The molecule has 2 aromatic rings. The van der Waals surface area contributed by atoms with Crippen LogP contribution in [0.5, 0.6) is 0 Å². The molecule has 1 aromatic heterocycles. The predicted octanol–water partition coefficient (Wildman–Crippen LogP) is 2.60. The van der Waals surface area contributed by atoms with Crippen LogP contribution in [-0.4, -0.2) is 71.5 Å². The fourth-order valence-corrected chi connectivity index (χ4v) is 5.88. The fourth-order valence-electron chi connectivity index (χ4n) is 4.96. The van der Waals surface area contributed by atoms with Crippen molar-refractivity contribution in [2.45, 2.75) is 81.2 Å². The molecule has 1 amide bonds. The number of aromatic nitrogens is 3. The van der Waals surface area contributed by atoms with Crippen molar-refractivity contribution in [1.29, 1.82) is 0 Å². The van der Waals surface area contributed by atoms with Crippen molar-refractivity contribution in [3.05, 3.63) is 18.2 Å². The van der Waals surface area contributed by atoms with E-state index in [4.69, 9.17) is 4.84 Å². The van der Waals surface area contributed by atoms with Gasteiger partial charge in [-0.2, -0.15) is 0 Å². The highest BCUT2D eigenvalue weighted by atomic mass is 32.2. The van der Waals surface area contributed by atoms with Crippen molar-refractivity contribution >= 4 is 27.0 Å². The Morgan fingerprint density at radius 3 is 2.19 bits per heavy atom. The molecule has 32 heavy (non-hydrogen) atoms. The molecule has 0 aliphatic heterocycles. The van der Waals surface area contributed by atoms with Crippen LogP contribution in [0.1, 0.15) is 64.2 Å². The molecule has 0 bridgehead atoms. The van der Waals surface area contributed by atoms with E-state index in [0.29, 0.717) is 11.0 Å². The van der Waals surface area contributed by atoms with Crippen LogP contribution in [0.2, 0.25) is 0 Å². The highest BCUT2D eigenvalue weighted by Crippen LogP contribution is 2.30. The summed E-state index contributed by atoms with van der Waals surface area (Å²) >= 11 is 0. The fraction of sp³-hybridized carbons (Fsp3) is 0.682. The first kappa shape index (κ1) is 23.0. The number of hydrogen-bond acceptors (Lipinski definition) is 6. The van der Waals surface area contributed by atoms with Crippen LogP contribution in [0.4, 0.5) is 0 Å². The van der Waals surface area contributed by atoms with Gasteiger partial charge in [-0.15, -0.1) is 5.10 Å². The van der Waals surface area contributed by atoms with Gasteiger partial charge < -0.3 is 9.74 Å². The molecule has 2 aliphatic carbocycles. The first-order chi connectivity index (χ1) is 15.4. The highest BCUT2D eigenvalue weighted by molar-refractivity contribution is 7.89. The van der Waals surface area contributed by atoms with Gasteiger partial charge in [0.15, 0.2) is 6.61 Å². The van der Waals surface area contributed by atoms with Crippen molar-refractivity contribution in [1.82, 2.24) is 24.4 Å². The van der Waals surface area contributed by atoms with Gasteiger partial charge in [-0.1, -0.05) is 43.4 Å². The summed E-state index contributed by atoms with van der Waals surface area (Å²) in [6.45, 7) is -0.143. The highest BCUT2D eigenvalue weighted by Gasteiger charge is 2.32. The average molecular weight is 464 g/mol. The molecule has 2 saturated carbocycles.